The molecule has 0 spiro atoms. The van der Waals surface area contributed by atoms with E-state index in [-0.39, 0.29) is 12.5 Å². The summed E-state index contributed by atoms with van der Waals surface area (Å²) in [6, 6.07) is 15.9. The van der Waals surface area contributed by atoms with Crippen LogP contribution in [-0.2, 0) is 26.0 Å². The van der Waals surface area contributed by atoms with Crippen LogP contribution < -0.4 is 9.62 Å². The van der Waals surface area contributed by atoms with Crippen LogP contribution in [0.2, 0.25) is 0 Å². The molecule has 0 fully saturated rings. The first-order valence-electron chi connectivity index (χ1n) is 11.2. The molecule has 0 aliphatic heterocycles. The number of anilines is 1. The third-order valence-electron chi connectivity index (χ3n) is 5.16. The summed E-state index contributed by atoms with van der Waals surface area (Å²) in [5.74, 6) is -0.674. The van der Waals surface area contributed by atoms with Crippen LogP contribution in [-0.4, -0.2) is 56.1 Å². The van der Waals surface area contributed by atoms with Gasteiger partial charge in [-0.2, -0.15) is 0 Å². The number of nitrogens with zero attached hydrogens (tertiary/aromatic N) is 2. The fourth-order valence-electron chi connectivity index (χ4n) is 3.57. The van der Waals surface area contributed by atoms with Gasteiger partial charge in [-0.25, -0.2) is 8.42 Å². The largest absolute Gasteiger partial charge is 0.350 e. The van der Waals surface area contributed by atoms with Crippen molar-refractivity contribution in [2.75, 3.05) is 23.7 Å². The van der Waals surface area contributed by atoms with Crippen LogP contribution >= 0.6 is 22.6 Å². The van der Waals surface area contributed by atoms with Crippen molar-refractivity contribution >= 4 is 50.1 Å². The number of nitrogens with one attached hydrogen (secondary N) is 1. The minimum Gasteiger partial charge on any atom is -0.350 e. The van der Waals surface area contributed by atoms with E-state index in [9.17, 15) is 18.0 Å². The van der Waals surface area contributed by atoms with Gasteiger partial charge in [-0.15, -0.1) is 0 Å². The van der Waals surface area contributed by atoms with Crippen molar-refractivity contribution in [3.8, 4) is 0 Å². The Bertz CT molecular complexity index is 1070. The number of halogens is 1. The summed E-state index contributed by atoms with van der Waals surface area (Å²) in [6.07, 6.45) is 2.04. The van der Waals surface area contributed by atoms with Crippen LogP contribution in [0, 0.1) is 3.57 Å². The van der Waals surface area contributed by atoms with Crippen molar-refractivity contribution in [1.29, 1.82) is 0 Å². The highest BCUT2D eigenvalue weighted by molar-refractivity contribution is 14.1. The Kier molecular flexibility index (Phi) is 9.93. The van der Waals surface area contributed by atoms with Gasteiger partial charge in [-0.05, 0) is 86.0 Å². The van der Waals surface area contributed by atoms with Crippen LogP contribution in [0.3, 0.4) is 0 Å². The van der Waals surface area contributed by atoms with Gasteiger partial charge in [0.15, 0.2) is 0 Å². The summed E-state index contributed by atoms with van der Waals surface area (Å²) in [5, 5.41) is 2.96. The number of hydrogen-bond donors (Lipinski definition) is 1. The van der Waals surface area contributed by atoms with Crippen molar-refractivity contribution in [3.05, 3.63) is 63.7 Å². The van der Waals surface area contributed by atoms with Crippen LogP contribution in [0.5, 0.6) is 0 Å². The van der Waals surface area contributed by atoms with Crippen LogP contribution in [0.15, 0.2) is 54.6 Å². The minimum absolute atomic E-state index is 0.253. The third-order valence-corrected chi connectivity index (χ3v) is 7.02. The lowest BCUT2D eigenvalue weighted by atomic mass is 10.1. The first-order valence-corrected chi connectivity index (χ1v) is 14.1. The van der Waals surface area contributed by atoms with E-state index in [1.54, 1.807) is 24.3 Å². The summed E-state index contributed by atoms with van der Waals surface area (Å²) in [6.45, 7) is 7.42. The quantitative estimate of drug-likeness (QED) is 0.421. The maximum absolute atomic E-state index is 13.6. The first-order chi connectivity index (χ1) is 15.8. The highest BCUT2D eigenvalue weighted by Gasteiger charge is 2.32. The molecule has 0 saturated heterocycles. The van der Waals surface area contributed by atoms with Gasteiger partial charge in [0.2, 0.25) is 21.8 Å². The number of sulfonamides is 1. The molecule has 0 aliphatic carbocycles. The monoisotopic (exact) mass is 599 g/mol. The van der Waals surface area contributed by atoms with Crippen molar-refractivity contribution in [2.24, 2.45) is 0 Å². The fraction of sp³-hybridized carbons (Fsp3) is 0.440. The van der Waals surface area contributed by atoms with Crippen LogP contribution in [0.1, 0.15) is 39.7 Å². The van der Waals surface area contributed by atoms with Gasteiger partial charge in [-0.1, -0.05) is 37.3 Å². The zero-order valence-corrected chi connectivity index (χ0v) is 23.4. The zero-order valence-electron chi connectivity index (χ0n) is 20.4. The summed E-state index contributed by atoms with van der Waals surface area (Å²) in [4.78, 5) is 28.2. The second kappa shape index (κ2) is 12.0. The number of amides is 2. The van der Waals surface area contributed by atoms with E-state index in [2.05, 4.69) is 27.9 Å². The van der Waals surface area contributed by atoms with E-state index in [0.29, 0.717) is 25.1 Å². The molecule has 186 valence electrons. The molecule has 2 rings (SSSR count). The second-order valence-electron chi connectivity index (χ2n) is 9.23. The van der Waals surface area contributed by atoms with Gasteiger partial charge in [0.1, 0.15) is 12.6 Å². The predicted molar refractivity (Wildman–Crippen MR) is 145 cm³/mol. The number of rotatable bonds is 10. The summed E-state index contributed by atoms with van der Waals surface area (Å²) >= 11 is 2.14. The number of carbonyl (C=O) groups is 2. The Morgan fingerprint density at radius 2 is 1.62 bits per heavy atom. The summed E-state index contributed by atoms with van der Waals surface area (Å²) < 4.78 is 27.2. The maximum Gasteiger partial charge on any atom is 0.244 e. The number of hydrogen-bond acceptors (Lipinski definition) is 4. The molecule has 0 radical (unpaired) electrons. The maximum atomic E-state index is 13.6. The van der Waals surface area contributed by atoms with Gasteiger partial charge in [0.05, 0.1) is 11.9 Å². The molecule has 0 heterocycles. The molecule has 0 bridgehead atoms. The lowest BCUT2D eigenvalue weighted by molar-refractivity contribution is -0.140. The smallest absolute Gasteiger partial charge is 0.244 e. The molecule has 9 heteroatoms. The Balaban J connectivity index is 2.36. The molecule has 1 atom stereocenters. The van der Waals surface area contributed by atoms with Gasteiger partial charge >= 0.3 is 0 Å². The first kappa shape index (κ1) is 28.1. The highest BCUT2D eigenvalue weighted by atomic mass is 127. The molecule has 0 aromatic heterocycles. The molecule has 7 nitrogen and oxygen atoms in total. The van der Waals surface area contributed by atoms with Gasteiger partial charge in [0.25, 0.3) is 0 Å². The van der Waals surface area contributed by atoms with E-state index in [0.717, 1.165) is 19.7 Å². The SMILES string of the molecule is CC[C@@H](C(=O)NC(C)(C)C)N(CCc1ccccc1)C(=O)CN(c1ccc(I)cc1)S(C)(=O)=O. The average Bonchev–Trinajstić information content (AvgIpc) is 2.74. The minimum atomic E-state index is -3.73. The van der Waals surface area contributed by atoms with E-state index in [1.165, 1.54) is 4.90 Å². The van der Waals surface area contributed by atoms with Crippen LogP contribution in [0.25, 0.3) is 0 Å². The standard InChI is InChI=1S/C25H34IN3O4S/c1-6-22(24(31)27-25(2,3)4)28(17-16-19-10-8-7-9-11-19)23(30)18-29(34(5,32)33)21-14-12-20(26)13-15-21/h7-15,22H,6,16-18H2,1-5H3,(H,27,31)/t22-/m0/s1. The molecular formula is C25H34IN3O4S. The van der Waals surface area contributed by atoms with Gasteiger partial charge in [0, 0.05) is 15.7 Å². The predicted octanol–water partition coefficient (Wildman–Crippen LogP) is 3.82. The topological polar surface area (TPSA) is 86.8 Å². The molecule has 2 aromatic carbocycles. The summed E-state index contributed by atoms with van der Waals surface area (Å²) in [7, 11) is -3.73. The molecule has 2 amide bonds. The molecule has 0 aliphatic rings. The van der Waals surface area contributed by atoms with E-state index >= 15 is 0 Å². The van der Waals surface area contributed by atoms with Crippen LogP contribution in [0.4, 0.5) is 5.69 Å². The Hall–Kier alpha value is -2.14. The van der Waals surface area contributed by atoms with Gasteiger partial charge in [-0.3, -0.25) is 13.9 Å². The van der Waals surface area contributed by atoms with E-state index in [1.807, 2.05) is 58.0 Å². The average molecular weight is 600 g/mol. The number of carbonyl (C=O) groups excluding carboxylic acids is 2. The van der Waals surface area contributed by atoms with Crippen molar-refractivity contribution in [2.45, 2.75) is 52.1 Å². The van der Waals surface area contributed by atoms with Crippen molar-refractivity contribution in [3.63, 3.8) is 0 Å². The molecule has 1 N–H and O–H groups in total. The van der Waals surface area contributed by atoms with E-state index < -0.39 is 27.5 Å². The number of benzene rings is 2. The second-order valence-corrected chi connectivity index (χ2v) is 12.4. The van der Waals surface area contributed by atoms with Crippen molar-refractivity contribution in [1.82, 2.24) is 10.2 Å². The summed E-state index contributed by atoms with van der Waals surface area (Å²) in [5.41, 5.74) is 0.981. The Morgan fingerprint density at radius 3 is 2.12 bits per heavy atom. The van der Waals surface area contributed by atoms with Gasteiger partial charge < -0.3 is 10.2 Å². The Labute approximate surface area is 217 Å². The normalized spacial score (nSPS) is 12.6. The molecule has 0 unspecified atom stereocenters. The Morgan fingerprint density at radius 1 is 1.03 bits per heavy atom. The fourth-order valence-corrected chi connectivity index (χ4v) is 4.78. The zero-order chi connectivity index (χ0) is 25.5. The molecule has 0 saturated carbocycles. The molecule has 2 aromatic rings. The lowest BCUT2D eigenvalue weighted by Gasteiger charge is -2.34. The molecular weight excluding hydrogens is 565 g/mol. The molecule has 34 heavy (non-hydrogen) atoms. The lowest BCUT2D eigenvalue weighted by Crippen LogP contribution is -2.56. The van der Waals surface area contributed by atoms with E-state index in [4.69, 9.17) is 0 Å². The highest BCUT2D eigenvalue weighted by Crippen LogP contribution is 2.20. The third kappa shape index (κ3) is 8.57. The van der Waals surface area contributed by atoms with Crippen molar-refractivity contribution < 1.29 is 18.0 Å².